The van der Waals surface area contributed by atoms with Gasteiger partial charge in [0.2, 0.25) is 5.91 Å². The molecule has 3 heterocycles. The van der Waals surface area contributed by atoms with Crippen molar-refractivity contribution >= 4 is 5.91 Å². The highest BCUT2D eigenvalue weighted by Crippen LogP contribution is 2.38. The number of aromatic nitrogens is 3. The topological polar surface area (TPSA) is 69.0 Å². The van der Waals surface area contributed by atoms with E-state index in [1.807, 2.05) is 44.6 Å². The lowest BCUT2D eigenvalue weighted by Gasteiger charge is -2.21. The molecule has 1 amide bonds. The van der Waals surface area contributed by atoms with Gasteiger partial charge in [-0.1, -0.05) is 6.07 Å². The van der Waals surface area contributed by atoms with Crippen molar-refractivity contribution in [2.45, 2.75) is 39.3 Å². The molecule has 0 spiro atoms. The van der Waals surface area contributed by atoms with Crippen LogP contribution in [0.4, 0.5) is 0 Å². The van der Waals surface area contributed by atoms with Crippen LogP contribution in [0.3, 0.4) is 0 Å². The molecule has 1 saturated heterocycles. The van der Waals surface area contributed by atoms with Crippen LogP contribution in [-0.4, -0.2) is 27.3 Å². The molecule has 1 aliphatic rings. The maximum atomic E-state index is 12.8. The maximum Gasteiger partial charge on any atom is 0.226 e. The molecule has 1 fully saturated rings. The quantitative estimate of drug-likeness (QED) is 0.935. The molecule has 1 N–H and O–H groups in total. The van der Waals surface area contributed by atoms with Crippen molar-refractivity contribution in [2.75, 3.05) is 6.61 Å². The summed E-state index contributed by atoms with van der Waals surface area (Å²) in [5.74, 6) is -0.165. The standard InChI is InChI=1S/C18H24N4O2/c1-11(14-6-5-8-19-10-14)20-18(23)15-7-9-24-17(15)16-12(2)21-22(4)13(16)3/h5-6,8,10-11,15,17H,7,9H2,1-4H3,(H,20,23)/t11-,15+,17+/m1/s1. The fourth-order valence-electron chi connectivity index (χ4n) is 3.38. The number of hydrogen-bond acceptors (Lipinski definition) is 4. The predicted octanol–water partition coefficient (Wildman–Crippen LogP) is 2.39. The van der Waals surface area contributed by atoms with E-state index < -0.39 is 0 Å². The fourth-order valence-corrected chi connectivity index (χ4v) is 3.38. The Kier molecular flexibility index (Phi) is 4.66. The van der Waals surface area contributed by atoms with Crippen LogP contribution in [0.25, 0.3) is 0 Å². The zero-order valence-corrected chi connectivity index (χ0v) is 14.6. The van der Waals surface area contributed by atoms with Gasteiger partial charge in [0.05, 0.1) is 23.8 Å². The molecule has 2 aromatic heterocycles. The van der Waals surface area contributed by atoms with E-state index in [0.717, 1.165) is 28.9 Å². The highest BCUT2D eigenvalue weighted by Gasteiger charge is 2.38. The number of nitrogens with zero attached hydrogens (tertiary/aromatic N) is 3. The summed E-state index contributed by atoms with van der Waals surface area (Å²) in [6, 6.07) is 3.77. The predicted molar refractivity (Wildman–Crippen MR) is 90.3 cm³/mol. The first-order valence-electron chi connectivity index (χ1n) is 8.31. The van der Waals surface area contributed by atoms with Crippen molar-refractivity contribution in [3.05, 3.63) is 47.0 Å². The zero-order chi connectivity index (χ0) is 17.3. The van der Waals surface area contributed by atoms with Crippen LogP contribution in [0.5, 0.6) is 0 Å². The molecule has 128 valence electrons. The fraction of sp³-hybridized carbons (Fsp3) is 0.500. The summed E-state index contributed by atoms with van der Waals surface area (Å²) in [7, 11) is 1.92. The summed E-state index contributed by atoms with van der Waals surface area (Å²) in [6.07, 6.45) is 4.01. The van der Waals surface area contributed by atoms with E-state index in [0.29, 0.717) is 6.61 Å². The van der Waals surface area contributed by atoms with Crippen LogP contribution in [0.15, 0.2) is 24.5 Å². The molecule has 2 aromatic rings. The number of carbonyl (C=O) groups excluding carboxylic acids is 1. The van der Waals surface area contributed by atoms with Gasteiger partial charge in [0.1, 0.15) is 0 Å². The summed E-state index contributed by atoms with van der Waals surface area (Å²) in [5, 5.41) is 7.55. The summed E-state index contributed by atoms with van der Waals surface area (Å²) in [6.45, 7) is 6.56. The number of rotatable bonds is 4. The Hall–Kier alpha value is -2.21. The normalized spacial score (nSPS) is 21.7. The van der Waals surface area contributed by atoms with Crippen LogP contribution >= 0.6 is 0 Å². The third-order valence-electron chi connectivity index (χ3n) is 4.82. The third kappa shape index (κ3) is 3.06. The Morgan fingerprint density at radius 2 is 2.25 bits per heavy atom. The van der Waals surface area contributed by atoms with E-state index >= 15 is 0 Å². The van der Waals surface area contributed by atoms with E-state index in [1.165, 1.54) is 0 Å². The number of nitrogens with one attached hydrogen (secondary N) is 1. The molecule has 1 aliphatic heterocycles. The van der Waals surface area contributed by atoms with Crippen LogP contribution in [0, 0.1) is 19.8 Å². The van der Waals surface area contributed by atoms with E-state index in [2.05, 4.69) is 15.4 Å². The Morgan fingerprint density at radius 1 is 1.46 bits per heavy atom. The van der Waals surface area contributed by atoms with Crippen molar-refractivity contribution in [3.63, 3.8) is 0 Å². The average molecular weight is 328 g/mol. The van der Waals surface area contributed by atoms with Gasteiger partial charge in [0, 0.05) is 37.3 Å². The second-order valence-electron chi connectivity index (χ2n) is 6.41. The monoisotopic (exact) mass is 328 g/mol. The molecule has 3 rings (SSSR count). The maximum absolute atomic E-state index is 12.8. The number of aryl methyl sites for hydroxylation is 2. The molecule has 0 saturated carbocycles. The number of pyridine rings is 1. The Balaban J connectivity index is 1.77. The first kappa shape index (κ1) is 16.6. The minimum atomic E-state index is -0.222. The second-order valence-corrected chi connectivity index (χ2v) is 6.41. The van der Waals surface area contributed by atoms with Crippen LogP contribution in [0.1, 0.15) is 48.0 Å². The van der Waals surface area contributed by atoms with E-state index in [9.17, 15) is 4.79 Å². The molecule has 3 atom stereocenters. The molecule has 0 radical (unpaired) electrons. The number of amides is 1. The third-order valence-corrected chi connectivity index (χ3v) is 4.82. The van der Waals surface area contributed by atoms with Gasteiger partial charge in [0.25, 0.3) is 0 Å². The molecule has 6 nitrogen and oxygen atoms in total. The Bertz CT molecular complexity index is 726. The Morgan fingerprint density at radius 3 is 2.88 bits per heavy atom. The van der Waals surface area contributed by atoms with Crippen molar-refractivity contribution in [3.8, 4) is 0 Å². The molecule has 0 aromatic carbocycles. The molecule has 0 unspecified atom stereocenters. The summed E-state index contributed by atoms with van der Waals surface area (Å²) < 4.78 is 7.76. The van der Waals surface area contributed by atoms with Gasteiger partial charge in [-0.3, -0.25) is 14.5 Å². The van der Waals surface area contributed by atoms with Gasteiger partial charge >= 0.3 is 0 Å². The van der Waals surface area contributed by atoms with Crippen LogP contribution in [0.2, 0.25) is 0 Å². The number of hydrogen-bond donors (Lipinski definition) is 1. The first-order valence-corrected chi connectivity index (χ1v) is 8.31. The summed E-state index contributed by atoms with van der Waals surface area (Å²) in [5.41, 5.74) is 4.02. The molecule has 0 aliphatic carbocycles. The van der Waals surface area contributed by atoms with Gasteiger partial charge in [-0.15, -0.1) is 0 Å². The highest BCUT2D eigenvalue weighted by atomic mass is 16.5. The average Bonchev–Trinajstić information content (AvgIpc) is 3.13. The summed E-state index contributed by atoms with van der Waals surface area (Å²) >= 11 is 0. The number of carbonyl (C=O) groups is 1. The molecule has 0 bridgehead atoms. The lowest BCUT2D eigenvalue weighted by molar-refractivity contribution is -0.127. The molecule has 6 heteroatoms. The van der Waals surface area contributed by atoms with Gasteiger partial charge < -0.3 is 10.1 Å². The second kappa shape index (κ2) is 6.73. The Labute approximate surface area is 142 Å². The van der Waals surface area contributed by atoms with Crippen molar-refractivity contribution < 1.29 is 9.53 Å². The van der Waals surface area contributed by atoms with Gasteiger partial charge in [-0.2, -0.15) is 5.10 Å². The minimum absolute atomic E-state index is 0.0245. The first-order chi connectivity index (χ1) is 11.5. The minimum Gasteiger partial charge on any atom is -0.373 e. The van der Waals surface area contributed by atoms with Crippen molar-refractivity contribution in [2.24, 2.45) is 13.0 Å². The van der Waals surface area contributed by atoms with E-state index in [1.54, 1.807) is 12.4 Å². The number of ether oxygens (including phenoxy) is 1. The molecule has 24 heavy (non-hydrogen) atoms. The SMILES string of the molecule is Cc1nn(C)c(C)c1[C@H]1OCC[C@@H]1C(=O)N[C@H](C)c1cccnc1. The molecular formula is C18H24N4O2. The van der Waals surface area contributed by atoms with Crippen molar-refractivity contribution in [1.29, 1.82) is 0 Å². The smallest absolute Gasteiger partial charge is 0.226 e. The van der Waals surface area contributed by atoms with Gasteiger partial charge in [-0.05, 0) is 38.8 Å². The lowest BCUT2D eigenvalue weighted by Crippen LogP contribution is -2.34. The molecular weight excluding hydrogens is 304 g/mol. The summed E-state index contributed by atoms with van der Waals surface area (Å²) in [4.78, 5) is 16.9. The van der Waals surface area contributed by atoms with Gasteiger partial charge in [0.15, 0.2) is 0 Å². The van der Waals surface area contributed by atoms with Crippen LogP contribution < -0.4 is 5.32 Å². The van der Waals surface area contributed by atoms with Gasteiger partial charge in [-0.25, -0.2) is 0 Å². The largest absolute Gasteiger partial charge is 0.373 e. The van der Waals surface area contributed by atoms with Crippen molar-refractivity contribution in [1.82, 2.24) is 20.1 Å². The van der Waals surface area contributed by atoms with Crippen LogP contribution in [-0.2, 0) is 16.6 Å². The van der Waals surface area contributed by atoms with E-state index in [-0.39, 0.29) is 24.0 Å². The van der Waals surface area contributed by atoms with E-state index in [4.69, 9.17) is 4.74 Å². The highest BCUT2D eigenvalue weighted by molar-refractivity contribution is 5.80. The zero-order valence-electron chi connectivity index (χ0n) is 14.6. The lowest BCUT2D eigenvalue weighted by atomic mass is 9.92.